The molecule has 0 bridgehead atoms. The van der Waals surface area contributed by atoms with Crippen molar-refractivity contribution in [2.75, 3.05) is 0 Å². The first-order valence-electron chi connectivity index (χ1n) is 4.60. The van der Waals surface area contributed by atoms with Gasteiger partial charge in [-0.15, -0.1) is 0 Å². The van der Waals surface area contributed by atoms with E-state index in [1.165, 1.54) is 0 Å². The van der Waals surface area contributed by atoms with Crippen LogP contribution in [0.1, 0.15) is 33.6 Å². The molecule has 0 aliphatic carbocycles. The van der Waals surface area contributed by atoms with Crippen molar-refractivity contribution in [3.8, 4) is 0 Å². The third-order valence-corrected chi connectivity index (χ3v) is 1.62. The highest BCUT2D eigenvalue weighted by Crippen LogP contribution is 2.02. The van der Waals surface area contributed by atoms with Crippen LogP contribution in [0, 0.1) is 0 Å². The van der Waals surface area contributed by atoms with Gasteiger partial charge in [0.25, 0.3) is 0 Å². The Bertz CT molecular complexity index is 214. The number of aliphatic hydroxyl groups is 1. The second kappa shape index (κ2) is 6.61. The molecular formula is C11H19NO. The number of hydrogen-bond acceptors (Lipinski definition) is 2. The van der Waals surface area contributed by atoms with Gasteiger partial charge in [0.1, 0.15) is 0 Å². The van der Waals surface area contributed by atoms with Crippen molar-refractivity contribution in [2.24, 2.45) is 4.99 Å². The summed E-state index contributed by atoms with van der Waals surface area (Å²) in [4.78, 5) is 4.26. The maximum Gasteiger partial charge on any atom is 0.0553 e. The Hall–Kier alpha value is -0.890. The Morgan fingerprint density at radius 1 is 1.62 bits per heavy atom. The van der Waals surface area contributed by atoms with Crippen LogP contribution in [0.3, 0.4) is 0 Å². The first-order chi connectivity index (χ1) is 6.06. The molecule has 74 valence electrons. The van der Waals surface area contributed by atoms with Crippen molar-refractivity contribution >= 4 is 5.71 Å². The molecule has 0 saturated carbocycles. The number of rotatable bonds is 5. The van der Waals surface area contributed by atoms with Crippen LogP contribution in [0.2, 0.25) is 0 Å². The minimum atomic E-state index is -0.250. The zero-order chi connectivity index (χ0) is 10.3. The van der Waals surface area contributed by atoms with Crippen molar-refractivity contribution in [1.82, 2.24) is 0 Å². The van der Waals surface area contributed by atoms with E-state index in [1.54, 1.807) is 6.92 Å². The highest BCUT2D eigenvalue weighted by Gasteiger charge is 1.97. The van der Waals surface area contributed by atoms with E-state index in [-0.39, 0.29) is 6.10 Å². The van der Waals surface area contributed by atoms with Gasteiger partial charge in [0.2, 0.25) is 0 Å². The van der Waals surface area contributed by atoms with E-state index in [1.807, 2.05) is 26.0 Å². The molecule has 13 heavy (non-hydrogen) atoms. The predicted octanol–water partition coefficient (Wildman–Crippen LogP) is 2.70. The quantitative estimate of drug-likeness (QED) is 0.513. The Morgan fingerprint density at radius 3 is 2.69 bits per heavy atom. The van der Waals surface area contributed by atoms with Crippen molar-refractivity contribution in [1.29, 1.82) is 0 Å². The molecule has 1 unspecified atom stereocenters. The van der Waals surface area contributed by atoms with Gasteiger partial charge in [-0.3, -0.25) is 4.99 Å². The molecule has 1 atom stereocenters. The fraction of sp³-hybridized carbons (Fsp3) is 0.545. The summed E-state index contributed by atoms with van der Waals surface area (Å²) in [6.07, 6.45) is 5.12. The molecule has 2 heteroatoms. The smallest absolute Gasteiger partial charge is 0.0553 e. The Balaban J connectivity index is 3.94. The van der Waals surface area contributed by atoms with Crippen LogP contribution >= 0.6 is 0 Å². The van der Waals surface area contributed by atoms with Crippen LogP contribution < -0.4 is 0 Å². The average Bonchev–Trinajstić information content (AvgIpc) is 2.01. The fourth-order valence-corrected chi connectivity index (χ4v) is 0.948. The average molecular weight is 181 g/mol. The van der Waals surface area contributed by atoms with Crippen LogP contribution in [0.5, 0.6) is 0 Å². The summed E-state index contributed by atoms with van der Waals surface area (Å²) in [5, 5.41) is 9.05. The summed E-state index contributed by atoms with van der Waals surface area (Å²) in [5.74, 6) is 0. The summed E-state index contributed by atoms with van der Waals surface area (Å²) in [6, 6.07) is 0. The van der Waals surface area contributed by atoms with E-state index in [4.69, 9.17) is 5.11 Å². The number of aliphatic imine (C=N–C) groups is 1. The lowest BCUT2D eigenvalue weighted by Crippen LogP contribution is -2.02. The first kappa shape index (κ1) is 12.1. The van der Waals surface area contributed by atoms with Gasteiger partial charge >= 0.3 is 0 Å². The summed E-state index contributed by atoms with van der Waals surface area (Å²) in [6.45, 7) is 9.45. The predicted molar refractivity (Wildman–Crippen MR) is 58.0 cm³/mol. The van der Waals surface area contributed by atoms with Crippen molar-refractivity contribution in [2.45, 2.75) is 39.7 Å². The van der Waals surface area contributed by atoms with Gasteiger partial charge < -0.3 is 5.11 Å². The Labute approximate surface area is 80.7 Å². The standard InChI is InChI=1S/C11H19NO/c1-5-6-9(2)12-10(3)7-8-11(4)13/h5-6,11,13H,2,7-8H2,1,3-4H3/b6-5-,12-10?. The minimum absolute atomic E-state index is 0.250. The number of nitrogens with zero attached hydrogens (tertiary/aromatic N) is 1. The first-order valence-corrected chi connectivity index (χ1v) is 4.60. The molecule has 0 saturated heterocycles. The van der Waals surface area contributed by atoms with Gasteiger partial charge in [-0.2, -0.15) is 0 Å². The minimum Gasteiger partial charge on any atom is -0.393 e. The number of allylic oxidation sites excluding steroid dienone is 2. The summed E-state index contributed by atoms with van der Waals surface area (Å²) in [5.41, 5.74) is 1.79. The fourth-order valence-electron chi connectivity index (χ4n) is 0.948. The molecular weight excluding hydrogens is 162 g/mol. The van der Waals surface area contributed by atoms with Crippen LogP contribution in [0.4, 0.5) is 0 Å². The highest BCUT2D eigenvalue weighted by atomic mass is 16.3. The number of aliphatic hydroxyl groups excluding tert-OH is 1. The molecule has 0 aliphatic heterocycles. The van der Waals surface area contributed by atoms with Gasteiger partial charge in [-0.05, 0) is 39.7 Å². The molecule has 0 aromatic carbocycles. The topological polar surface area (TPSA) is 32.6 Å². The molecule has 2 nitrogen and oxygen atoms in total. The van der Waals surface area contributed by atoms with E-state index in [2.05, 4.69) is 11.6 Å². The molecule has 0 rings (SSSR count). The third kappa shape index (κ3) is 7.47. The summed E-state index contributed by atoms with van der Waals surface area (Å²) < 4.78 is 0. The van der Waals surface area contributed by atoms with E-state index in [0.717, 1.165) is 24.3 Å². The molecule has 0 aromatic rings. The van der Waals surface area contributed by atoms with Crippen molar-refractivity contribution in [3.63, 3.8) is 0 Å². The van der Waals surface area contributed by atoms with E-state index in [9.17, 15) is 0 Å². The Morgan fingerprint density at radius 2 is 2.23 bits per heavy atom. The zero-order valence-corrected chi connectivity index (χ0v) is 8.75. The van der Waals surface area contributed by atoms with Crippen LogP contribution in [-0.2, 0) is 0 Å². The summed E-state index contributed by atoms with van der Waals surface area (Å²) >= 11 is 0. The zero-order valence-electron chi connectivity index (χ0n) is 8.75. The van der Waals surface area contributed by atoms with E-state index in [0.29, 0.717) is 0 Å². The maximum atomic E-state index is 9.05. The van der Waals surface area contributed by atoms with E-state index >= 15 is 0 Å². The lowest BCUT2D eigenvalue weighted by atomic mass is 10.1. The lowest BCUT2D eigenvalue weighted by molar-refractivity contribution is 0.187. The molecule has 0 radical (unpaired) electrons. The SMILES string of the molecule is C=C(/C=C\C)N=C(C)CCC(C)O. The third-order valence-electron chi connectivity index (χ3n) is 1.62. The highest BCUT2D eigenvalue weighted by molar-refractivity contribution is 5.83. The van der Waals surface area contributed by atoms with Crippen molar-refractivity contribution < 1.29 is 5.11 Å². The molecule has 0 fully saturated rings. The second-order valence-electron chi connectivity index (χ2n) is 3.23. The molecule has 0 aromatic heterocycles. The second-order valence-corrected chi connectivity index (χ2v) is 3.23. The number of hydrogen-bond donors (Lipinski definition) is 1. The van der Waals surface area contributed by atoms with Gasteiger partial charge in [0.15, 0.2) is 0 Å². The van der Waals surface area contributed by atoms with Gasteiger partial charge in [-0.1, -0.05) is 12.7 Å². The van der Waals surface area contributed by atoms with Gasteiger partial charge in [0.05, 0.1) is 11.8 Å². The largest absolute Gasteiger partial charge is 0.393 e. The summed E-state index contributed by atoms with van der Waals surface area (Å²) in [7, 11) is 0. The molecule has 1 N–H and O–H groups in total. The molecule has 0 amide bonds. The normalized spacial score (nSPS) is 14.9. The van der Waals surface area contributed by atoms with Crippen LogP contribution in [-0.4, -0.2) is 16.9 Å². The van der Waals surface area contributed by atoms with Crippen LogP contribution in [0.25, 0.3) is 0 Å². The Kier molecular flexibility index (Phi) is 6.15. The monoisotopic (exact) mass is 181 g/mol. The van der Waals surface area contributed by atoms with Crippen LogP contribution in [0.15, 0.2) is 29.4 Å². The van der Waals surface area contributed by atoms with E-state index < -0.39 is 0 Å². The molecule has 0 spiro atoms. The molecule has 0 aliphatic rings. The lowest BCUT2D eigenvalue weighted by Gasteiger charge is -2.03. The van der Waals surface area contributed by atoms with Gasteiger partial charge in [-0.25, -0.2) is 0 Å². The maximum absolute atomic E-state index is 9.05. The van der Waals surface area contributed by atoms with Gasteiger partial charge in [0, 0.05) is 5.71 Å². The van der Waals surface area contributed by atoms with Crippen molar-refractivity contribution in [3.05, 3.63) is 24.4 Å². The molecule has 0 heterocycles.